The topological polar surface area (TPSA) is 89.5 Å². The highest BCUT2D eigenvalue weighted by atomic mass is 32.2. The Kier molecular flexibility index (Phi) is 4.21. The lowest BCUT2D eigenvalue weighted by molar-refractivity contribution is 0.410. The Bertz CT molecular complexity index is 886. The van der Waals surface area contributed by atoms with Crippen molar-refractivity contribution in [1.29, 1.82) is 5.26 Å². The summed E-state index contributed by atoms with van der Waals surface area (Å²) in [6.07, 6.45) is 0. The summed E-state index contributed by atoms with van der Waals surface area (Å²) in [7, 11) is 1.60. The first-order valence-electron chi connectivity index (χ1n) is 6.69. The number of hydrogen-bond donors (Lipinski definition) is 0. The first-order valence-corrected chi connectivity index (χ1v) is 7.51. The molecule has 0 saturated carbocycles. The van der Waals surface area contributed by atoms with E-state index >= 15 is 0 Å². The Morgan fingerprint density at radius 3 is 2.91 bits per heavy atom. The van der Waals surface area contributed by atoms with Crippen LogP contribution in [0.1, 0.15) is 11.3 Å². The first-order chi connectivity index (χ1) is 11.2. The second-order valence-electron chi connectivity index (χ2n) is 4.62. The van der Waals surface area contributed by atoms with Crippen molar-refractivity contribution in [2.75, 3.05) is 7.11 Å². The summed E-state index contributed by atoms with van der Waals surface area (Å²) in [5.74, 6) is 0.670. The van der Waals surface area contributed by atoms with Crippen molar-refractivity contribution in [3.05, 3.63) is 47.7 Å². The van der Waals surface area contributed by atoms with E-state index in [0.29, 0.717) is 21.6 Å². The van der Waals surface area contributed by atoms with Crippen LogP contribution in [0.15, 0.2) is 46.6 Å². The van der Waals surface area contributed by atoms with Gasteiger partial charge in [0.05, 0.1) is 7.11 Å². The third kappa shape index (κ3) is 3.14. The standard InChI is InChI=1S/C15H12N6OS/c1-10-6-7-13(22-2)12(8-10)21-15(18-19-20-21)23-14-5-3-4-11(9-16)17-14/h3-8H,1-2H3. The molecule has 0 bridgehead atoms. The van der Waals surface area contributed by atoms with Crippen LogP contribution in [0.5, 0.6) is 5.75 Å². The Morgan fingerprint density at radius 1 is 1.26 bits per heavy atom. The van der Waals surface area contributed by atoms with Crippen LogP contribution < -0.4 is 4.74 Å². The third-order valence-corrected chi connectivity index (χ3v) is 3.91. The van der Waals surface area contributed by atoms with Crippen molar-refractivity contribution in [2.45, 2.75) is 17.1 Å². The molecule has 1 aromatic carbocycles. The Balaban J connectivity index is 2.00. The molecular weight excluding hydrogens is 312 g/mol. The van der Waals surface area contributed by atoms with E-state index in [1.807, 2.05) is 31.2 Å². The second kappa shape index (κ2) is 6.46. The van der Waals surface area contributed by atoms with Gasteiger partial charge < -0.3 is 4.74 Å². The molecule has 8 heteroatoms. The maximum Gasteiger partial charge on any atom is 0.220 e. The zero-order valence-electron chi connectivity index (χ0n) is 12.5. The number of benzene rings is 1. The number of tetrazole rings is 1. The van der Waals surface area contributed by atoms with Gasteiger partial charge in [0.15, 0.2) is 0 Å². The summed E-state index contributed by atoms with van der Waals surface area (Å²) in [4.78, 5) is 4.22. The molecule has 0 N–H and O–H groups in total. The van der Waals surface area contributed by atoms with Gasteiger partial charge in [0.1, 0.15) is 28.2 Å². The number of rotatable bonds is 4. The van der Waals surface area contributed by atoms with Crippen LogP contribution in [-0.4, -0.2) is 32.3 Å². The minimum absolute atomic E-state index is 0.349. The van der Waals surface area contributed by atoms with E-state index in [4.69, 9.17) is 10.00 Å². The fourth-order valence-electron chi connectivity index (χ4n) is 1.99. The van der Waals surface area contributed by atoms with Crippen LogP contribution in [-0.2, 0) is 0 Å². The van der Waals surface area contributed by atoms with E-state index in [1.165, 1.54) is 11.8 Å². The molecule has 0 aliphatic rings. The quantitative estimate of drug-likeness (QED) is 0.728. The fourth-order valence-corrected chi connectivity index (χ4v) is 2.76. The molecule has 0 aliphatic carbocycles. The maximum atomic E-state index is 8.94. The van der Waals surface area contributed by atoms with Gasteiger partial charge in [-0.1, -0.05) is 12.1 Å². The predicted octanol–water partition coefficient (Wildman–Crippen LogP) is 2.40. The number of ether oxygens (including phenoxy) is 1. The molecule has 0 fully saturated rings. The minimum atomic E-state index is 0.349. The molecule has 7 nitrogen and oxygen atoms in total. The van der Waals surface area contributed by atoms with Gasteiger partial charge in [0.25, 0.3) is 0 Å². The number of nitrogens with zero attached hydrogens (tertiary/aromatic N) is 6. The Labute approximate surface area is 136 Å². The monoisotopic (exact) mass is 324 g/mol. The maximum absolute atomic E-state index is 8.94. The summed E-state index contributed by atoms with van der Waals surface area (Å²) >= 11 is 1.28. The molecule has 0 unspecified atom stereocenters. The van der Waals surface area contributed by atoms with Crippen LogP contribution in [0, 0.1) is 18.3 Å². The second-order valence-corrected chi connectivity index (χ2v) is 5.61. The van der Waals surface area contributed by atoms with E-state index in [9.17, 15) is 0 Å². The van der Waals surface area contributed by atoms with Crippen molar-refractivity contribution in [1.82, 2.24) is 25.2 Å². The molecule has 2 heterocycles. The molecule has 0 aliphatic heterocycles. The highest BCUT2D eigenvalue weighted by molar-refractivity contribution is 7.99. The van der Waals surface area contributed by atoms with Crippen LogP contribution in [0.25, 0.3) is 5.69 Å². The van der Waals surface area contributed by atoms with E-state index in [-0.39, 0.29) is 0 Å². The lowest BCUT2D eigenvalue weighted by Gasteiger charge is -2.10. The minimum Gasteiger partial charge on any atom is -0.494 e. The molecule has 0 atom stereocenters. The van der Waals surface area contributed by atoms with Crippen molar-refractivity contribution in [3.63, 3.8) is 0 Å². The molecule has 0 amide bonds. The molecule has 23 heavy (non-hydrogen) atoms. The van der Waals surface area contributed by atoms with Gasteiger partial charge in [-0.15, -0.1) is 5.10 Å². The molecule has 3 aromatic rings. The summed E-state index contributed by atoms with van der Waals surface area (Å²) in [6.45, 7) is 1.98. The van der Waals surface area contributed by atoms with E-state index in [1.54, 1.807) is 30.0 Å². The molecule has 114 valence electrons. The first kappa shape index (κ1) is 15.0. The van der Waals surface area contributed by atoms with E-state index in [2.05, 4.69) is 20.5 Å². The van der Waals surface area contributed by atoms with Crippen molar-refractivity contribution < 1.29 is 4.74 Å². The SMILES string of the molecule is COc1ccc(C)cc1-n1nnnc1Sc1cccc(C#N)n1. The summed E-state index contributed by atoms with van der Waals surface area (Å²) in [6, 6.07) is 13.0. The highest BCUT2D eigenvalue weighted by Crippen LogP contribution is 2.29. The Morgan fingerprint density at radius 2 is 2.13 bits per heavy atom. The van der Waals surface area contributed by atoms with E-state index in [0.717, 1.165) is 11.3 Å². The molecule has 3 rings (SSSR count). The third-order valence-electron chi connectivity index (χ3n) is 3.04. The molecule has 0 saturated heterocycles. The zero-order valence-corrected chi connectivity index (χ0v) is 13.3. The van der Waals surface area contributed by atoms with Crippen molar-refractivity contribution in [3.8, 4) is 17.5 Å². The number of nitriles is 1. The Hall–Kier alpha value is -2.92. The van der Waals surface area contributed by atoms with Crippen LogP contribution >= 0.6 is 11.8 Å². The highest BCUT2D eigenvalue weighted by Gasteiger charge is 2.15. The summed E-state index contributed by atoms with van der Waals surface area (Å²) in [5.41, 5.74) is 2.16. The van der Waals surface area contributed by atoms with Crippen LogP contribution in [0.3, 0.4) is 0 Å². The van der Waals surface area contributed by atoms with Crippen molar-refractivity contribution in [2.24, 2.45) is 0 Å². The zero-order chi connectivity index (χ0) is 16.2. The summed E-state index contributed by atoms with van der Waals surface area (Å²) in [5, 5.41) is 21.9. The van der Waals surface area contributed by atoms with Gasteiger partial charge in [-0.05, 0) is 58.9 Å². The lowest BCUT2D eigenvalue weighted by atomic mass is 10.2. The van der Waals surface area contributed by atoms with E-state index < -0.39 is 0 Å². The van der Waals surface area contributed by atoms with Crippen LogP contribution in [0.4, 0.5) is 0 Å². The van der Waals surface area contributed by atoms with Gasteiger partial charge >= 0.3 is 0 Å². The molecular formula is C15H12N6OS. The average Bonchev–Trinajstić information content (AvgIpc) is 3.03. The molecule has 0 spiro atoms. The fraction of sp³-hybridized carbons (Fsp3) is 0.133. The van der Waals surface area contributed by atoms with Crippen LogP contribution in [0.2, 0.25) is 0 Å². The largest absolute Gasteiger partial charge is 0.494 e. The van der Waals surface area contributed by atoms with Gasteiger partial charge in [-0.25, -0.2) is 4.98 Å². The molecule has 2 aromatic heterocycles. The lowest BCUT2D eigenvalue weighted by Crippen LogP contribution is -2.02. The summed E-state index contributed by atoms with van der Waals surface area (Å²) < 4.78 is 6.98. The number of hydrogen-bond acceptors (Lipinski definition) is 7. The van der Waals surface area contributed by atoms with Gasteiger partial charge in [0.2, 0.25) is 5.16 Å². The number of methoxy groups -OCH3 is 1. The number of pyridine rings is 1. The normalized spacial score (nSPS) is 10.3. The molecule has 0 radical (unpaired) electrons. The average molecular weight is 324 g/mol. The number of aryl methyl sites for hydroxylation is 1. The number of aromatic nitrogens is 5. The van der Waals surface area contributed by atoms with Gasteiger partial charge in [-0.2, -0.15) is 9.94 Å². The predicted molar refractivity (Wildman–Crippen MR) is 83.5 cm³/mol. The smallest absolute Gasteiger partial charge is 0.220 e. The van der Waals surface area contributed by atoms with Crippen molar-refractivity contribution >= 4 is 11.8 Å². The van der Waals surface area contributed by atoms with Gasteiger partial charge in [0, 0.05) is 0 Å². The van der Waals surface area contributed by atoms with Gasteiger partial charge in [-0.3, -0.25) is 0 Å².